The number of nitrogens with zero attached hydrogens (tertiary/aromatic N) is 1. The average molecular weight is 342 g/mol. The number of hydrogen-bond donors (Lipinski definition) is 2. The summed E-state index contributed by atoms with van der Waals surface area (Å²) >= 11 is 0. The van der Waals surface area contributed by atoms with Gasteiger partial charge in [-0.1, -0.05) is 0 Å². The van der Waals surface area contributed by atoms with Crippen molar-refractivity contribution in [1.29, 1.82) is 0 Å². The average Bonchev–Trinajstić information content (AvgIpc) is 2.74. The summed E-state index contributed by atoms with van der Waals surface area (Å²) in [6.45, 7) is 7.16. The Balaban J connectivity index is 2.20. The third kappa shape index (κ3) is 3.90. The number of ketones is 1. The summed E-state index contributed by atoms with van der Waals surface area (Å²) in [5, 5.41) is 17.3. The number of fused-ring (bicyclic) bond motifs is 1. The van der Waals surface area contributed by atoms with E-state index in [2.05, 4.69) is 31.3 Å². The molecule has 0 spiro atoms. The molecule has 1 heterocycles. The second-order valence-electron chi connectivity index (χ2n) is 6.86. The fourth-order valence-corrected chi connectivity index (χ4v) is 3.26. The van der Waals surface area contributed by atoms with Crippen LogP contribution in [0.25, 0.3) is 0 Å². The van der Waals surface area contributed by atoms with Crippen molar-refractivity contribution < 1.29 is 24.4 Å². The maximum atomic E-state index is 11.9. The molecule has 2 N–H and O–H groups in total. The van der Waals surface area contributed by atoms with Crippen molar-refractivity contribution >= 4 is 23.2 Å². The zero-order chi connectivity index (χ0) is 18.6. The Morgan fingerprint density at radius 1 is 1.20 bits per heavy atom. The monoisotopic (exact) mass is 342 g/mol. The van der Waals surface area contributed by atoms with Crippen LogP contribution in [-0.2, 0) is 10.2 Å². The van der Waals surface area contributed by atoms with Gasteiger partial charge in [-0.2, -0.15) is 4.58 Å². The molecular weight excluding hydrogens is 318 g/mol. The van der Waals surface area contributed by atoms with E-state index in [0.29, 0.717) is 12.0 Å². The highest BCUT2D eigenvalue weighted by Crippen LogP contribution is 2.40. The number of aliphatic carboxylic acids is 1. The predicted molar refractivity (Wildman–Crippen MR) is 95.1 cm³/mol. The highest BCUT2D eigenvalue weighted by atomic mass is 16.4. The van der Waals surface area contributed by atoms with Crippen molar-refractivity contribution in [3.05, 3.63) is 29.3 Å². The fourth-order valence-electron chi connectivity index (χ4n) is 3.26. The third-order valence-corrected chi connectivity index (χ3v) is 4.97. The zero-order valence-corrected chi connectivity index (χ0v) is 14.9. The molecular formula is C20H24NO4+. The molecule has 1 aliphatic heterocycles. The van der Waals surface area contributed by atoms with Crippen LogP contribution >= 0.6 is 0 Å². The Kier molecular flexibility index (Phi) is 5.63. The van der Waals surface area contributed by atoms with E-state index in [1.807, 2.05) is 12.1 Å². The van der Waals surface area contributed by atoms with Crippen molar-refractivity contribution in [2.45, 2.75) is 51.9 Å². The Hall–Kier alpha value is -2.61. The van der Waals surface area contributed by atoms with Crippen LogP contribution in [0.3, 0.4) is 0 Å². The molecule has 0 aromatic heterocycles. The SMILES string of the molecule is CC1=[N+](CCCCCC(=O)O)c2ccc(C(=O)C#CO)cc2C1(C)C. The number of rotatable bonds is 7. The Labute approximate surface area is 148 Å². The van der Waals surface area contributed by atoms with Gasteiger partial charge in [-0.15, -0.1) is 0 Å². The largest absolute Gasteiger partial charge is 0.481 e. The first-order valence-corrected chi connectivity index (χ1v) is 8.46. The number of unbranched alkanes of at least 4 members (excludes halogenated alkanes) is 2. The Morgan fingerprint density at radius 2 is 1.92 bits per heavy atom. The van der Waals surface area contributed by atoms with E-state index in [4.69, 9.17) is 10.2 Å². The van der Waals surface area contributed by atoms with Crippen molar-refractivity contribution in [3.8, 4) is 12.0 Å². The van der Waals surface area contributed by atoms with Crippen molar-refractivity contribution in [1.82, 2.24) is 0 Å². The molecule has 0 aliphatic carbocycles. The summed E-state index contributed by atoms with van der Waals surface area (Å²) in [7, 11) is 0. The van der Waals surface area contributed by atoms with Gasteiger partial charge < -0.3 is 10.2 Å². The second-order valence-corrected chi connectivity index (χ2v) is 6.86. The highest BCUT2D eigenvalue weighted by Gasteiger charge is 2.43. The molecule has 2 rings (SSSR count). The van der Waals surface area contributed by atoms with Gasteiger partial charge >= 0.3 is 5.97 Å². The summed E-state index contributed by atoms with van der Waals surface area (Å²) < 4.78 is 2.25. The number of benzene rings is 1. The van der Waals surface area contributed by atoms with Gasteiger partial charge in [-0.05, 0) is 38.8 Å². The van der Waals surface area contributed by atoms with Crippen LogP contribution < -0.4 is 0 Å². The Morgan fingerprint density at radius 3 is 2.56 bits per heavy atom. The minimum absolute atomic E-state index is 0.195. The Bertz CT molecular complexity index is 794. The van der Waals surface area contributed by atoms with Gasteiger partial charge in [-0.3, -0.25) is 9.59 Å². The van der Waals surface area contributed by atoms with Gasteiger partial charge in [0.1, 0.15) is 12.7 Å². The summed E-state index contributed by atoms with van der Waals surface area (Å²) in [5.74, 6) is 1.01. The van der Waals surface area contributed by atoms with Gasteiger partial charge in [0.05, 0.1) is 5.41 Å². The molecule has 0 amide bonds. The molecule has 0 saturated carbocycles. The molecule has 132 valence electrons. The lowest BCUT2D eigenvalue weighted by Gasteiger charge is -2.15. The number of Topliss-reactive ketones (excluding diaryl/α,β-unsaturated/α-hetero) is 1. The third-order valence-electron chi connectivity index (χ3n) is 4.97. The van der Waals surface area contributed by atoms with Crippen LogP contribution in [0.5, 0.6) is 0 Å². The zero-order valence-electron chi connectivity index (χ0n) is 14.9. The lowest BCUT2D eigenvalue weighted by atomic mass is 9.81. The highest BCUT2D eigenvalue weighted by molar-refractivity contribution is 6.09. The van der Waals surface area contributed by atoms with E-state index in [9.17, 15) is 9.59 Å². The van der Waals surface area contributed by atoms with Gasteiger partial charge in [0.2, 0.25) is 11.5 Å². The van der Waals surface area contributed by atoms with Crippen LogP contribution in [0.15, 0.2) is 18.2 Å². The van der Waals surface area contributed by atoms with Gasteiger partial charge in [0.25, 0.3) is 0 Å². The summed E-state index contributed by atoms with van der Waals surface area (Å²) in [4.78, 5) is 22.5. The molecule has 25 heavy (non-hydrogen) atoms. The van der Waals surface area contributed by atoms with Crippen LogP contribution in [0, 0.1) is 12.0 Å². The normalized spacial score (nSPS) is 14.7. The van der Waals surface area contributed by atoms with Crippen molar-refractivity contribution in [2.24, 2.45) is 0 Å². The molecule has 1 aromatic rings. The lowest BCUT2D eigenvalue weighted by molar-refractivity contribution is -0.439. The fraction of sp³-hybridized carbons (Fsp3) is 0.450. The predicted octanol–water partition coefficient (Wildman–Crippen LogP) is 3.24. The molecule has 0 atom stereocenters. The molecule has 5 heteroatoms. The molecule has 0 fully saturated rings. The standard InChI is InChI=1S/C20H23NO4/c1-14-20(2,3)16-13-15(18(23)10-12-22)8-9-17(16)21(14)11-6-4-5-7-19(24)25/h8-9,13H,4-7,11H2,1-3H3,(H-,22,23,24,25)/p+1. The van der Waals surface area contributed by atoms with Crippen molar-refractivity contribution in [2.75, 3.05) is 6.54 Å². The number of aliphatic hydroxyl groups is 1. The van der Waals surface area contributed by atoms with Crippen LogP contribution in [0.4, 0.5) is 5.69 Å². The second kappa shape index (κ2) is 7.52. The van der Waals surface area contributed by atoms with Gasteiger partial charge in [-0.25, -0.2) is 0 Å². The molecule has 0 radical (unpaired) electrons. The molecule has 1 aromatic carbocycles. The van der Waals surface area contributed by atoms with E-state index in [1.165, 1.54) is 5.71 Å². The van der Waals surface area contributed by atoms with E-state index in [-0.39, 0.29) is 11.8 Å². The number of carbonyl (C=O) groups excluding carboxylic acids is 1. The minimum atomic E-state index is -0.751. The first-order chi connectivity index (χ1) is 11.8. The maximum absolute atomic E-state index is 11.9. The van der Waals surface area contributed by atoms with Crippen LogP contribution in [0.2, 0.25) is 0 Å². The summed E-state index contributed by atoms with van der Waals surface area (Å²) in [6.07, 6.45) is 4.34. The first-order valence-electron chi connectivity index (χ1n) is 8.46. The number of aliphatic hydroxyl groups excluding tert-OH is 1. The minimum Gasteiger partial charge on any atom is -0.481 e. The van der Waals surface area contributed by atoms with E-state index in [0.717, 1.165) is 30.6 Å². The topological polar surface area (TPSA) is 77.6 Å². The molecule has 5 nitrogen and oxygen atoms in total. The number of carboxylic acids is 1. The molecule has 0 unspecified atom stereocenters. The van der Waals surface area contributed by atoms with E-state index in [1.54, 1.807) is 12.2 Å². The van der Waals surface area contributed by atoms with E-state index < -0.39 is 11.8 Å². The summed E-state index contributed by atoms with van der Waals surface area (Å²) in [5.41, 5.74) is 3.64. The molecule has 1 aliphatic rings. The van der Waals surface area contributed by atoms with Crippen molar-refractivity contribution in [3.63, 3.8) is 0 Å². The lowest BCUT2D eigenvalue weighted by Crippen LogP contribution is -2.26. The number of carboxylic acid groups (broad SMARTS) is 1. The van der Waals surface area contributed by atoms with Gasteiger partial charge in [0, 0.05) is 42.9 Å². The maximum Gasteiger partial charge on any atom is 0.303 e. The first kappa shape index (κ1) is 18.7. The summed E-state index contributed by atoms with van der Waals surface area (Å²) in [6, 6.07) is 5.52. The number of hydrogen-bond acceptors (Lipinski definition) is 3. The smallest absolute Gasteiger partial charge is 0.303 e. The molecule has 0 bridgehead atoms. The number of carbonyl (C=O) groups is 2. The molecule has 0 saturated heterocycles. The quantitative estimate of drug-likeness (QED) is 0.345. The van der Waals surface area contributed by atoms with Crippen LogP contribution in [-0.4, -0.2) is 38.8 Å². The van der Waals surface area contributed by atoms with Crippen LogP contribution in [0.1, 0.15) is 62.4 Å². The van der Waals surface area contributed by atoms with E-state index >= 15 is 0 Å². The van der Waals surface area contributed by atoms with Gasteiger partial charge in [0.15, 0.2) is 5.71 Å².